The zero-order valence-corrected chi connectivity index (χ0v) is 13.5. The van der Waals surface area contributed by atoms with Crippen LogP contribution in [0.3, 0.4) is 0 Å². The Morgan fingerprint density at radius 1 is 1.00 bits per heavy atom. The van der Waals surface area contributed by atoms with Crippen molar-refractivity contribution in [3.63, 3.8) is 0 Å². The first-order valence-corrected chi connectivity index (χ1v) is 8.13. The van der Waals surface area contributed by atoms with Crippen LogP contribution in [0.15, 0.2) is 48.8 Å². The number of nitrogens with zero attached hydrogens (tertiary/aromatic N) is 1. The molecule has 0 fully saturated rings. The lowest BCUT2D eigenvalue weighted by Crippen LogP contribution is -2.04. The van der Waals surface area contributed by atoms with Gasteiger partial charge in [-0.1, -0.05) is 51.1 Å². The van der Waals surface area contributed by atoms with Crippen LogP contribution in [0.5, 0.6) is 0 Å². The SMILES string of the molecule is CC(C)Cc1cnccc1C(C)CCCc1ccccc1. The quantitative estimate of drug-likeness (QED) is 0.661. The van der Waals surface area contributed by atoms with Crippen LogP contribution < -0.4 is 0 Å². The van der Waals surface area contributed by atoms with Gasteiger partial charge in [0, 0.05) is 12.4 Å². The summed E-state index contributed by atoms with van der Waals surface area (Å²) in [5.41, 5.74) is 4.37. The van der Waals surface area contributed by atoms with Crippen molar-refractivity contribution in [2.24, 2.45) is 5.92 Å². The lowest BCUT2D eigenvalue weighted by Gasteiger charge is -2.17. The molecule has 1 aromatic carbocycles. The third-order valence-corrected chi connectivity index (χ3v) is 4.05. The molecule has 0 amide bonds. The Morgan fingerprint density at radius 2 is 1.76 bits per heavy atom. The summed E-state index contributed by atoms with van der Waals surface area (Å²) in [5.74, 6) is 1.30. The normalized spacial score (nSPS) is 12.6. The summed E-state index contributed by atoms with van der Waals surface area (Å²) in [5, 5.41) is 0. The van der Waals surface area contributed by atoms with Crippen LogP contribution in [0.1, 0.15) is 56.2 Å². The Hall–Kier alpha value is -1.63. The van der Waals surface area contributed by atoms with Crippen molar-refractivity contribution in [3.05, 3.63) is 65.5 Å². The highest BCUT2D eigenvalue weighted by atomic mass is 14.6. The fourth-order valence-electron chi connectivity index (χ4n) is 2.94. The van der Waals surface area contributed by atoms with E-state index in [1.165, 1.54) is 36.0 Å². The minimum absolute atomic E-state index is 0.616. The largest absolute Gasteiger partial charge is 0.264 e. The van der Waals surface area contributed by atoms with Gasteiger partial charge in [0.2, 0.25) is 0 Å². The van der Waals surface area contributed by atoms with Gasteiger partial charge in [0.15, 0.2) is 0 Å². The van der Waals surface area contributed by atoms with E-state index in [1.807, 2.05) is 6.20 Å². The van der Waals surface area contributed by atoms with Gasteiger partial charge in [0.25, 0.3) is 0 Å². The lowest BCUT2D eigenvalue weighted by atomic mass is 9.89. The Kier molecular flexibility index (Phi) is 5.98. The van der Waals surface area contributed by atoms with E-state index >= 15 is 0 Å². The lowest BCUT2D eigenvalue weighted by molar-refractivity contribution is 0.604. The van der Waals surface area contributed by atoms with E-state index in [9.17, 15) is 0 Å². The molecule has 1 heterocycles. The second kappa shape index (κ2) is 7.97. The van der Waals surface area contributed by atoms with E-state index in [0.717, 1.165) is 6.42 Å². The smallest absolute Gasteiger partial charge is 0.0302 e. The summed E-state index contributed by atoms with van der Waals surface area (Å²) in [7, 11) is 0. The zero-order valence-electron chi connectivity index (χ0n) is 13.5. The van der Waals surface area contributed by atoms with Crippen LogP contribution in [0.2, 0.25) is 0 Å². The van der Waals surface area contributed by atoms with Crippen LogP contribution in [0.25, 0.3) is 0 Å². The maximum absolute atomic E-state index is 4.31. The van der Waals surface area contributed by atoms with Gasteiger partial charge in [-0.25, -0.2) is 0 Å². The third-order valence-electron chi connectivity index (χ3n) is 4.05. The minimum Gasteiger partial charge on any atom is -0.264 e. The molecule has 1 atom stereocenters. The topological polar surface area (TPSA) is 12.9 Å². The summed E-state index contributed by atoms with van der Waals surface area (Å²) in [4.78, 5) is 4.31. The molecule has 0 bridgehead atoms. The number of aryl methyl sites for hydroxylation is 1. The number of hydrogen-bond donors (Lipinski definition) is 0. The van der Waals surface area contributed by atoms with E-state index in [-0.39, 0.29) is 0 Å². The molecule has 21 heavy (non-hydrogen) atoms. The minimum atomic E-state index is 0.616. The molecule has 0 N–H and O–H groups in total. The maximum atomic E-state index is 4.31. The molecule has 0 saturated heterocycles. The van der Waals surface area contributed by atoms with Crippen molar-refractivity contribution in [3.8, 4) is 0 Å². The molecule has 0 aliphatic carbocycles. The molecule has 0 saturated carbocycles. The predicted octanol–water partition coefficient (Wildman–Crippen LogP) is 5.41. The van der Waals surface area contributed by atoms with Crippen molar-refractivity contribution in [1.82, 2.24) is 4.98 Å². The van der Waals surface area contributed by atoms with Gasteiger partial charge >= 0.3 is 0 Å². The average molecular weight is 281 g/mol. The van der Waals surface area contributed by atoms with Gasteiger partial charge in [-0.05, 0) is 60.3 Å². The van der Waals surface area contributed by atoms with Crippen LogP contribution in [-0.2, 0) is 12.8 Å². The van der Waals surface area contributed by atoms with E-state index in [1.54, 1.807) is 0 Å². The van der Waals surface area contributed by atoms with Crippen LogP contribution in [0.4, 0.5) is 0 Å². The monoisotopic (exact) mass is 281 g/mol. The predicted molar refractivity (Wildman–Crippen MR) is 90.6 cm³/mol. The molecule has 0 radical (unpaired) electrons. The summed E-state index contributed by atoms with van der Waals surface area (Å²) in [6.45, 7) is 6.90. The highest BCUT2D eigenvalue weighted by molar-refractivity contribution is 5.27. The molecule has 1 aromatic heterocycles. The van der Waals surface area contributed by atoms with Crippen molar-refractivity contribution in [1.29, 1.82) is 0 Å². The van der Waals surface area contributed by atoms with E-state index < -0.39 is 0 Å². The Bertz CT molecular complexity index is 531. The summed E-state index contributed by atoms with van der Waals surface area (Å²) < 4.78 is 0. The van der Waals surface area contributed by atoms with Crippen LogP contribution in [0, 0.1) is 5.92 Å². The van der Waals surface area contributed by atoms with Crippen LogP contribution >= 0.6 is 0 Å². The fraction of sp³-hybridized carbons (Fsp3) is 0.450. The first kappa shape index (κ1) is 15.8. The molecular formula is C20H27N. The standard InChI is InChI=1S/C20H27N/c1-16(2)14-19-15-21-13-12-20(19)17(3)8-7-11-18-9-5-4-6-10-18/h4-6,9-10,12-13,15-17H,7-8,11,14H2,1-3H3. The van der Waals surface area contributed by atoms with Crippen molar-refractivity contribution >= 4 is 0 Å². The van der Waals surface area contributed by atoms with Crippen LogP contribution in [-0.4, -0.2) is 4.98 Å². The number of pyridine rings is 1. The highest BCUT2D eigenvalue weighted by Gasteiger charge is 2.11. The summed E-state index contributed by atoms with van der Waals surface area (Å²) in [6, 6.07) is 13.0. The van der Waals surface area contributed by atoms with Gasteiger partial charge in [0.1, 0.15) is 0 Å². The molecule has 0 aliphatic rings. The van der Waals surface area contributed by atoms with E-state index in [4.69, 9.17) is 0 Å². The molecule has 1 nitrogen and oxygen atoms in total. The second-order valence-electron chi connectivity index (χ2n) is 6.45. The molecule has 0 spiro atoms. The number of hydrogen-bond acceptors (Lipinski definition) is 1. The van der Waals surface area contributed by atoms with Crippen molar-refractivity contribution in [2.75, 3.05) is 0 Å². The second-order valence-corrected chi connectivity index (χ2v) is 6.45. The van der Waals surface area contributed by atoms with Gasteiger partial charge in [0.05, 0.1) is 0 Å². The molecule has 0 aliphatic heterocycles. The first-order valence-electron chi connectivity index (χ1n) is 8.13. The highest BCUT2D eigenvalue weighted by Crippen LogP contribution is 2.26. The zero-order chi connectivity index (χ0) is 15.1. The van der Waals surface area contributed by atoms with Crippen molar-refractivity contribution < 1.29 is 0 Å². The number of benzene rings is 1. The Balaban J connectivity index is 1.92. The van der Waals surface area contributed by atoms with Gasteiger partial charge < -0.3 is 0 Å². The van der Waals surface area contributed by atoms with E-state index in [2.05, 4.69) is 68.4 Å². The fourth-order valence-corrected chi connectivity index (χ4v) is 2.94. The average Bonchev–Trinajstić information content (AvgIpc) is 2.48. The molecule has 112 valence electrons. The Labute approximate surface area is 129 Å². The van der Waals surface area contributed by atoms with Gasteiger partial charge in [-0.15, -0.1) is 0 Å². The molecule has 2 aromatic rings. The third kappa shape index (κ3) is 5.00. The Morgan fingerprint density at radius 3 is 2.48 bits per heavy atom. The molecule has 1 unspecified atom stereocenters. The number of aromatic nitrogens is 1. The number of rotatable bonds is 7. The maximum Gasteiger partial charge on any atom is 0.0302 e. The van der Waals surface area contributed by atoms with Gasteiger partial charge in [-0.2, -0.15) is 0 Å². The summed E-state index contributed by atoms with van der Waals surface area (Å²) >= 11 is 0. The summed E-state index contributed by atoms with van der Waals surface area (Å²) in [6.07, 6.45) is 8.79. The molecule has 1 heteroatoms. The van der Waals surface area contributed by atoms with Gasteiger partial charge in [-0.3, -0.25) is 4.98 Å². The van der Waals surface area contributed by atoms with E-state index in [0.29, 0.717) is 11.8 Å². The molecular weight excluding hydrogens is 254 g/mol. The van der Waals surface area contributed by atoms with Crippen molar-refractivity contribution in [2.45, 2.75) is 52.4 Å². The molecule has 2 rings (SSSR count). The first-order chi connectivity index (χ1) is 10.2.